The molecule has 1 N–H and O–H groups in total. The standard InChI is InChI=1S/C20H26N2O3S/c1-14-8-10-26-19(14)12-21-20(23)13-22-9-4-5-17(22)16-7-6-15(24-2)11-18(16)25-3/h6-8,10-11,17H,4-5,9,12-13H2,1-3H3,(H,21,23). The third-order valence-electron chi connectivity index (χ3n) is 4.92. The molecule has 0 spiro atoms. The van der Waals surface area contributed by atoms with Gasteiger partial charge in [0.2, 0.25) is 5.91 Å². The Balaban J connectivity index is 1.64. The van der Waals surface area contributed by atoms with Gasteiger partial charge in [-0.05, 0) is 49.4 Å². The second-order valence-corrected chi connectivity index (χ2v) is 7.54. The molecule has 140 valence electrons. The average Bonchev–Trinajstić information content (AvgIpc) is 3.28. The highest BCUT2D eigenvalue weighted by Crippen LogP contribution is 2.38. The number of rotatable bonds is 7. The molecule has 1 unspecified atom stereocenters. The van der Waals surface area contributed by atoms with Crippen molar-refractivity contribution < 1.29 is 14.3 Å². The summed E-state index contributed by atoms with van der Waals surface area (Å²) in [6.45, 7) is 4.01. The molecule has 26 heavy (non-hydrogen) atoms. The van der Waals surface area contributed by atoms with Crippen LogP contribution in [0.15, 0.2) is 29.6 Å². The summed E-state index contributed by atoms with van der Waals surface area (Å²) in [6.07, 6.45) is 2.11. The van der Waals surface area contributed by atoms with Crippen LogP contribution in [0.25, 0.3) is 0 Å². The molecule has 1 amide bonds. The minimum Gasteiger partial charge on any atom is -0.497 e. The van der Waals surface area contributed by atoms with Gasteiger partial charge in [0, 0.05) is 22.5 Å². The van der Waals surface area contributed by atoms with Gasteiger partial charge in [-0.3, -0.25) is 9.69 Å². The summed E-state index contributed by atoms with van der Waals surface area (Å²) in [6, 6.07) is 8.19. The topological polar surface area (TPSA) is 50.8 Å². The number of benzene rings is 1. The monoisotopic (exact) mass is 374 g/mol. The maximum Gasteiger partial charge on any atom is 0.234 e. The number of likely N-dealkylation sites (tertiary alicyclic amines) is 1. The predicted octanol–water partition coefficient (Wildman–Crippen LogP) is 3.53. The lowest BCUT2D eigenvalue weighted by Gasteiger charge is -2.25. The highest BCUT2D eigenvalue weighted by atomic mass is 32.1. The van der Waals surface area contributed by atoms with E-state index in [9.17, 15) is 4.79 Å². The van der Waals surface area contributed by atoms with Crippen molar-refractivity contribution in [3.63, 3.8) is 0 Å². The lowest BCUT2D eigenvalue weighted by Crippen LogP contribution is -2.36. The summed E-state index contributed by atoms with van der Waals surface area (Å²) in [5.41, 5.74) is 2.35. The lowest BCUT2D eigenvalue weighted by atomic mass is 10.0. The number of hydrogen-bond donors (Lipinski definition) is 1. The van der Waals surface area contributed by atoms with Crippen LogP contribution < -0.4 is 14.8 Å². The zero-order valence-corrected chi connectivity index (χ0v) is 16.4. The van der Waals surface area contributed by atoms with Crippen LogP contribution in [0.3, 0.4) is 0 Å². The molecule has 2 aromatic rings. The van der Waals surface area contributed by atoms with E-state index in [1.165, 1.54) is 10.4 Å². The van der Waals surface area contributed by atoms with E-state index in [-0.39, 0.29) is 11.9 Å². The summed E-state index contributed by atoms with van der Waals surface area (Å²) < 4.78 is 10.8. The Morgan fingerprint density at radius 1 is 1.31 bits per heavy atom. The maximum absolute atomic E-state index is 12.4. The van der Waals surface area contributed by atoms with E-state index in [2.05, 4.69) is 28.6 Å². The number of thiophene rings is 1. The van der Waals surface area contributed by atoms with E-state index < -0.39 is 0 Å². The highest BCUT2D eigenvalue weighted by molar-refractivity contribution is 7.10. The molecule has 0 bridgehead atoms. The van der Waals surface area contributed by atoms with Gasteiger partial charge in [-0.15, -0.1) is 11.3 Å². The fourth-order valence-electron chi connectivity index (χ4n) is 3.47. The number of amides is 1. The van der Waals surface area contributed by atoms with E-state index in [1.807, 2.05) is 18.2 Å². The molecule has 1 aliphatic rings. The molecule has 1 fully saturated rings. The summed E-state index contributed by atoms with van der Waals surface area (Å²) in [7, 11) is 3.32. The van der Waals surface area contributed by atoms with E-state index in [0.717, 1.165) is 36.4 Å². The average molecular weight is 375 g/mol. The van der Waals surface area contributed by atoms with Crippen LogP contribution in [0.1, 0.15) is 34.9 Å². The number of carbonyl (C=O) groups is 1. The van der Waals surface area contributed by atoms with Crippen LogP contribution in [0.4, 0.5) is 0 Å². The van der Waals surface area contributed by atoms with Gasteiger partial charge in [0.05, 0.1) is 27.3 Å². The fourth-order valence-corrected chi connectivity index (χ4v) is 4.31. The van der Waals surface area contributed by atoms with Gasteiger partial charge < -0.3 is 14.8 Å². The molecule has 0 saturated carbocycles. The minimum absolute atomic E-state index is 0.0668. The van der Waals surface area contributed by atoms with Crippen molar-refractivity contribution in [3.05, 3.63) is 45.6 Å². The lowest BCUT2D eigenvalue weighted by molar-refractivity contribution is -0.122. The third-order valence-corrected chi connectivity index (χ3v) is 5.95. The Kier molecular flexibility index (Phi) is 6.16. The van der Waals surface area contributed by atoms with Crippen LogP contribution in [0, 0.1) is 6.92 Å². The largest absolute Gasteiger partial charge is 0.497 e. The van der Waals surface area contributed by atoms with E-state index in [1.54, 1.807) is 25.6 Å². The summed E-state index contributed by atoms with van der Waals surface area (Å²) in [4.78, 5) is 15.9. The molecule has 1 aromatic carbocycles. The zero-order valence-electron chi connectivity index (χ0n) is 15.6. The molecular formula is C20H26N2O3S. The van der Waals surface area contributed by atoms with Crippen molar-refractivity contribution in [2.45, 2.75) is 32.4 Å². The Labute approximate surface area is 158 Å². The first-order valence-corrected chi connectivity index (χ1v) is 9.76. The quantitative estimate of drug-likeness (QED) is 0.806. The Morgan fingerprint density at radius 3 is 2.85 bits per heavy atom. The molecule has 1 aliphatic heterocycles. The van der Waals surface area contributed by atoms with Crippen molar-refractivity contribution >= 4 is 17.2 Å². The van der Waals surface area contributed by atoms with Crippen molar-refractivity contribution in [1.82, 2.24) is 10.2 Å². The first-order valence-electron chi connectivity index (χ1n) is 8.88. The number of nitrogens with one attached hydrogen (secondary N) is 1. The van der Waals surface area contributed by atoms with E-state index in [4.69, 9.17) is 9.47 Å². The Bertz CT molecular complexity index is 759. The van der Waals surface area contributed by atoms with Crippen LogP contribution >= 0.6 is 11.3 Å². The Morgan fingerprint density at radius 2 is 2.15 bits per heavy atom. The SMILES string of the molecule is COc1ccc(C2CCCN2CC(=O)NCc2sccc2C)c(OC)c1. The Hall–Kier alpha value is -2.05. The summed E-state index contributed by atoms with van der Waals surface area (Å²) in [5.74, 6) is 1.66. The molecule has 3 rings (SSSR count). The third kappa shape index (κ3) is 4.19. The van der Waals surface area contributed by atoms with Crippen molar-refractivity contribution in [2.24, 2.45) is 0 Å². The van der Waals surface area contributed by atoms with Gasteiger partial charge >= 0.3 is 0 Å². The first-order chi connectivity index (χ1) is 12.6. The molecule has 0 aliphatic carbocycles. The molecule has 0 radical (unpaired) electrons. The number of aryl methyl sites for hydroxylation is 1. The van der Waals surface area contributed by atoms with Crippen molar-refractivity contribution in [2.75, 3.05) is 27.3 Å². The minimum atomic E-state index is 0.0668. The number of methoxy groups -OCH3 is 2. The second kappa shape index (κ2) is 8.56. The fraction of sp³-hybridized carbons (Fsp3) is 0.450. The zero-order chi connectivity index (χ0) is 18.5. The van der Waals surface area contributed by atoms with E-state index in [0.29, 0.717) is 13.1 Å². The maximum atomic E-state index is 12.4. The highest BCUT2D eigenvalue weighted by Gasteiger charge is 2.29. The smallest absolute Gasteiger partial charge is 0.234 e. The van der Waals surface area contributed by atoms with Crippen LogP contribution in [0.5, 0.6) is 11.5 Å². The molecular weight excluding hydrogens is 348 g/mol. The normalized spacial score (nSPS) is 17.3. The number of hydrogen-bond acceptors (Lipinski definition) is 5. The van der Waals surface area contributed by atoms with Crippen LogP contribution in [0.2, 0.25) is 0 Å². The second-order valence-electron chi connectivity index (χ2n) is 6.54. The number of carbonyl (C=O) groups excluding carboxylic acids is 1. The van der Waals surface area contributed by atoms with Gasteiger partial charge in [-0.1, -0.05) is 6.07 Å². The van der Waals surface area contributed by atoms with Crippen LogP contribution in [-0.2, 0) is 11.3 Å². The van der Waals surface area contributed by atoms with Crippen molar-refractivity contribution in [3.8, 4) is 11.5 Å². The van der Waals surface area contributed by atoms with Gasteiger partial charge in [0.1, 0.15) is 11.5 Å². The predicted molar refractivity (Wildman–Crippen MR) is 104 cm³/mol. The molecule has 1 atom stereocenters. The van der Waals surface area contributed by atoms with Gasteiger partial charge in [-0.2, -0.15) is 0 Å². The summed E-state index contributed by atoms with van der Waals surface area (Å²) >= 11 is 1.68. The van der Waals surface area contributed by atoms with Gasteiger partial charge in [-0.25, -0.2) is 0 Å². The molecule has 1 aromatic heterocycles. The number of nitrogens with zero attached hydrogens (tertiary/aromatic N) is 1. The van der Waals surface area contributed by atoms with Gasteiger partial charge in [0.25, 0.3) is 0 Å². The van der Waals surface area contributed by atoms with Crippen molar-refractivity contribution in [1.29, 1.82) is 0 Å². The molecule has 2 heterocycles. The first kappa shape index (κ1) is 18.7. The molecule has 6 heteroatoms. The number of ether oxygens (including phenoxy) is 2. The molecule has 1 saturated heterocycles. The van der Waals surface area contributed by atoms with Crippen LogP contribution in [-0.4, -0.2) is 38.1 Å². The summed E-state index contributed by atoms with van der Waals surface area (Å²) in [5, 5.41) is 5.11. The molecule has 5 nitrogen and oxygen atoms in total. The van der Waals surface area contributed by atoms with Gasteiger partial charge in [0.15, 0.2) is 0 Å². The van der Waals surface area contributed by atoms with E-state index >= 15 is 0 Å².